The molecule has 0 spiro atoms. The largest absolute Gasteiger partial charge is 4.00 e. The smallest absolute Gasteiger partial charge is 0.245 e. The maximum Gasteiger partial charge on any atom is 4.00 e. The summed E-state index contributed by atoms with van der Waals surface area (Å²) < 4.78 is 0. The molecular weight excluding hydrogens is 382 g/mol. The van der Waals surface area contributed by atoms with Gasteiger partial charge in [0, 0.05) is 0 Å². The normalized spacial score (nSPS) is 3.69. The van der Waals surface area contributed by atoms with Gasteiger partial charge in [-0.2, -0.15) is 0 Å². The predicted octanol–water partition coefficient (Wildman–Crippen LogP) is 4.03. The summed E-state index contributed by atoms with van der Waals surface area (Å²) in [5.74, 6) is 0. The second kappa shape index (κ2) is 104. The van der Waals surface area contributed by atoms with E-state index in [2.05, 4.69) is 54.0 Å². The average Bonchev–Trinajstić information content (AvgIpc) is 1.92. The standard InChI is InChI=1S/4C3H5.U/c4*1-3-2;/h4*3H,1-2H2;/q4*-1;+4. The molecule has 0 bridgehead atoms. The Morgan fingerprint density at radius 2 is 0.538 bits per heavy atom. The van der Waals surface area contributed by atoms with Crippen LogP contribution in [0.2, 0.25) is 0 Å². The van der Waals surface area contributed by atoms with Crippen molar-refractivity contribution in [1.29, 1.82) is 0 Å². The molecule has 0 N–H and O–H groups in total. The molecule has 0 heterocycles. The van der Waals surface area contributed by atoms with Gasteiger partial charge in [-0.05, 0) is 0 Å². The zero-order valence-corrected chi connectivity index (χ0v) is 12.6. The molecule has 0 aromatic heterocycles. The molecule has 0 aliphatic carbocycles. The van der Waals surface area contributed by atoms with E-state index in [0.29, 0.717) is 0 Å². The predicted molar refractivity (Wildman–Crippen MR) is 62.2 cm³/mol. The first-order chi connectivity index (χ1) is 5.66. The Kier molecular flexibility index (Phi) is 235. The minimum Gasteiger partial charge on any atom is -0.245 e. The summed E-state index contributed by atoms with van der Waals surface area (Å²) in [6.07, 6.45) is 6.00. The Bertz CT molecular complexity index is 59.1. The van der Waals surface area contributed by atoms with Crippen LogP contribution in [-0.4, -0.2) is 0 Å². The van der Waals surface area contributed by atoms with Crippen LogP contribution in [-0.2, 0) is 0 Å². The first-order valence-electron chi connectivity index (χ1n) is 3.27. The Morgan fingerprint density at radius 1 is 0.538 bits per heavy atom. The van der Waals surface area contributed by atoms with Gasteiger partial charge < -0.3 is 0 Å². The van der Waals surface area contributed by atoms with E-state index in [1.165, 1.54) is 24.3 Å². The van der Waals surface area contributed by atoms with Gasteiger partial charge in [0.2, 0.25) is 0 Å². The minimum absolute atomic E-state index is 0. The summed E-state index contributed by atoms with van der Waals surface area (Å²) in [4.78, 5) is 0. The Hall–Kier alpha value is -0.508. The maximum atomic E-state index is 3.25. The first-order valence-corrected chi connectivity index (χ1v) is 3.27. The van der Waals surface area contributed by atoms with Gasteiger partial charge in [-0.1, -0.05) is 0 Å². The minimum atomic E-state index is 0. The number of rotatable bonds is 0. The molecule has 0 aromatic rings. The molecule has 0 nitrogen and oxygen atoms in total. The van der Waals surface area contributed by atoms with E-state index in [9.17, 15) is 0 Å². The fourth-order valence-corrected chi connectivity index (χ4v) is 0. The van der Waals surface area contributed by atoms with Crippen LogP contribution in [0.5, 0.6) is 0 Å². The van der Waals surface area contributed by atoms with E-state index in [4.69, 9.17) is 0 Å². The number of allylic oxidation sites excluding steroid dienone is 4. The molecule has 0 aromatic carbocycles. The van der Waals surface area contributed by atoms with Crippen LogP contribution in [0.3, 0.4) is 0 Å². The molecule has 0 radical (unpaired) electrons. The van der Waals surface area contributed by atoms with Crippen molar-refractivity contribution in [2.45, 2.75) is 0 Å². The van der Waals surface area contributed by atoms with Crippen LogP contribution < -0.4 is 0 Å². The topological polar surface area (TPSA) is 0 Å². The fraction of sp³-hybridized carbons (Fsp3) is 0. The molecule has 13 heavy (non-hydrogen) atoms. The van der Waals surface area contributed by atoms with Crippen LogP contribution in [0.15, 0.2) is 50.6 Å². The van der Waals surface area contributed by atoms with Gasteiger partial charge in [-0.15, -0.1) is 0 Å². The summed E-state index contributed by atoms with van der Waals surface area (Å²) in [6.45, 7) is 26.0. The zero-order chi connectivity index (χ0) is 10.8. The van der Waals surface area contributed by atoms with E-state index in [1.54, 1.807) is 0 Å². The van der Waals surface area contributed by atoms with E-state index < -0.39 is 0 Å². The Morgan fingerprint density at radius 3 is 0.538 bits per heavy atom. The van der Waals surface area contributed by atoms with Crippen molar-refractivity contribution in [2.75, 3.05) is 0 Å². The van der Waals surface area contributed by atoms with Gasteiger partial charge in [-0.25, -0.2) is 78.3 Å². The summed E-state index contributed by atoms with van der Waals surface area (Å²) in [5.41, 5.74) is 0. The molecule has 0 saturated carbocycles. The second-order valence-corrected chi connectivity index (χ2v) is 1.15. The van der Waals surface area contributed by atoms with Crippen LogP contribution in [0, 0.1) is 58.8 Å². The van der Waals surface area contributed by atoms with E-state index >= 15 is 0 Å². The molecule has 0 rings (SSSR count). The van der Waals surface area contributed by atoms with E-state index in [-0.39, 0.29) is 31.1 Å². The van der Waals surface area contributed by atoms with Crippen molar-refractivity contribution in [3.8, 4) is 0 Å². The molecule has 0 fully saturated rings. The summed E-state index contributed by atoms with van der Waals surface area (Å²) >= 11 is 0. The molecular formula is C12H20U. The van der Waals surface area contributed by atoms with Crippen molar-refractivity contribution < 1.29 is 31.1 Å². The third-order valence-corrected chi connectivity index (χ3v) is 0. The Balaban J connectivity index is -0.0000000213. The Labute approximate surface area is 109 Å². The third kappa shape index (κ3) is 4010. The molecule has 0 aliphatic rings. The molecule has 0 saturated heterocycles. The van der Waals surface area contributed by atoms with Gasteiger partial charge in [0.1, 0.15) is 0 Å². The summed E-state index contributed by atoms with van der Waals surface area (Å²) in [6, 6.07) is 0. The maximum absolute atomic E-state index is 3.25. The summed E-state index contributed by atoms with van der Waals surface area (Å²) in [7, 11) is 0. The molecule has 0 aliphatic heterocycles. The van der Waals surface area contributed by atoms with E-state index in [1.807, 2.05) is 0 Å². The second-order valence-electron chi connectivity index (χ2n) is 1.15. The number of hydrogen-bond acceptors (Lipinski definition) is 0. The first kappa shape index (κ1) is 29.4. The van der Waals surface area contributed by atoms with Crippen molar-refractivity contribution in [3.63, 3.8) is 0 Å². The SMILES string of the molecule is C=C[CH2-].C=C[CH2-].C=C[CH2-].C=C[CH2-].[U+4]. The van der Waals surface area contributed by atoms with Gasteiger partial charge in [0.25, 0.3) is 0 Å². The van der Waals surface area contributed by atoms with Gasteiger partial charge in [0.05, 0.1) is 0 Å². The summed E-state index contributed by atoms with van der Waals surface area (Å²) in [5, 5.41) is 0. The van der Waals surface area contributed by atoms with Crippen molar-refractivity contribution in [3.05, 3.63) is 78.3 Å². The van der Waals surface area contributed by atoms with Crippen LogP contribution in [0.4, 0.5) is 0 Å². The van der Waals surface area contributed by atoms with Crippen molar-refractivity contribution >= 4 is 0 Å². The van der Waals surface area contributed by atoms with Gasteiger partial charge >= 0.3 is 31.1 Å². The average molecular weight is 402 g/mol. The van der Waals surface area contributed by atoms with E-state index in [0.717, 1.165) is 0 Å². The third-order valence-electron chi connectivity index (χ3n) is 0. The van der Waals surface area contributed by atoms with Crippen LogP contribution in [0.1, 0.15) is 0 Å². The van der Waals surface area contributed by atoms with Crippen LogP contribution in [0.25, 0.3) is 0 Å². The molecule has 0 atom stereocenters. The monoisotopic (exact) mass is 402 g/mol. The van der Waals surface area contributed by atoms with Crippen LogP contribution >= 0.6 is 0 Å². The fourth-order valence-electron chi connectivity index (χ4n) is 0. The van der Waals surface area contributed by atoms with Crippen molar-refractivity contribution in [2.24, 2.45) is 0 Å². The quantitative estimate of drug-likeness (QED) is 0.537. The molecule has 1 heteroatoms. The molecule has 0 unspecified atom stereocenters. The zero-order valence-electron chi connectivity index (χ0n) is 8.47. The molecule has 0 amide bonds. The van der Waals surface area contributed by atoms with Gasteiger partial charge in [-0.3, -0.25) is 0 Å². The van der Waals surface area contributed by atoms with Gasteiger partial charge in [0.15, 0.2) is 0 Å². The number of hydrogen-bond donors (Lipinski definition) is 0. The molecule has 72 valence electrons. The van der Waals surface area contributed by atoms with Crippen molar-refractivity contribution in [1.82, 2.24) is 0 Å².